The lowest BCUT2D eigenvalue weighted by Crippen LogP contribution is -2.21. The van der Waals surface area contributed by atoms with Gasteiger partial charge in [0.1, 0.15) is 18.2 Å². The monoisotopic (exact) mass is 462 g/mol. The zero-order chi connectivity index (χ0) is 19.7. The molecule has 2 heterocycles. The normalized spacial score (nSPS) is 17.1. The van der Waals surface area contributed by atoms with Crippen molar-refractivity contribution in [1.29, 1.82) is 0 Å². The van der Waals surface area contributed by atoms with Crippen molar-refractivity contribution in [3.05, 3.63) is 46.2 Å². The highest BCUT2D eigenvalue weighted by atomic mass is 79.9. The standard InChI is InChI=1S/C20H20BrClN4O2/c1-26-6-5-13(10-26)28-19-9-17-14(8-18(19)27-2)20(24-11-23-17)25-12-3-4-15(21)16(22)7-12/h3-4,7-9,11,13H,5-6,10H2,1-2H3,(H,23,24,25). The van der Waals surface area contributed by atoms with Gasteiger partial charge in [0.25, 0.3) is 0 Å². The molecule has 1 aromatic heterocycles. The summed E-state index contributed by atoms with van der Waals surface area (Å²) >= 11 is 9.60. The number of hydrogen-bond donors (Lipinski definition) is 1. The molecule has 8 heteroatoms. The summed E-state index contributed by atoms with van der Waals surface area (Å²) in [6, 6.07) is 9.47. The lowest BCUT2D eigenvalue weighted by Gasteiger charge is -2.17. The van der Waals surface area contributed by atoms with Crippen LogP contribution in [0.25, 0.3) is 10.9 Å². The molecule has 1 saturated heterocycles. The Morgan fingerprint density at radius 3 is 2.79 bits per heavy atom. The number of nitrogens with one attached hydrogen (secondary N) is 1. The fraction of sp³-hybridized carbons (Fsp3) is 0.300. The maximum Gasteiger partial charge on any atom is 0.163 e. The summed E-state index contributed by atoms with van der Waals surface area (Å²) in [7, 11) is 3.74. The molecule has 0 spiro atoms. The first-order valence-electron chi connectivity index (χ1n) is 8.93. The van der Waals surface area contributed by atoms with Crippen LogP contribution in [0.2, 0.25) is 5.02 Å². The fourth-order valence-corrected chi connectivity index (χ4v) is 3.72. The van der Waals surface area contributed by atoms with Gasteiger partial charge >= 0.3 is 0 Å². The van der Waals surface area contributed by atoms with E-state index < -0.39 is 0 Å². The third-order valence-electron chi connectivity index (χ3n) is 4.74. The Balaban J connectivity index is 1.68. The molecule has 146 valence electrons. The number of fused-ring (bicyclic) bond motifs is 1. The molecule has 1 aliphatic rings. The van der Waals surface area contributed by atoms with Crippen molar-refractivity contribution in [1.82, 2.24) is 14.9 Å². The first-order valence-corrected chi connectivity index (χ1v) is 10.1. The first kappa shape index (κ1) is 19.2. The van der Waals surface area contributed by atoms with Gasteiger partial charge in [0.2, 0.25) is 0 Å². The SMILES string of the molecule is COc1cc2c(Nc3ccc(Br)c(Cl)c3)ncnc2cc1OC1CCN(C)C1. The van der Waals surface area contributed by atoms with Crippen LogP contribution in [0.4, 0.5) is 11.5 Å². The van der Waals surface area contributed by atoms with E-state index in [-0.39, 0.29) is 6.10 Å². The van der Waals surface area contributed by atoms with Gasteiger partial charge in [0.15, 0.2) is 11.5 Å². The third-order valence-corrected chi connectivity index (χ3v) is 5.98. The maximum absolute atomic E-state index is 6.20. The topological polar surface area (TPSA) is 59.5 Å². The van der Waals surface area contributed by atoms with Crippen molar-refractivity contribution in [2.75, 3.05) is 32.6 Å². The molecule has 6 nitrogen and oxygen atoms in total. The second kappa shape index (κ2) is 8.11. The summed E-state index contributed by atoms with van der Waals surface area (Å²) < 4.78 is 12.6. The number of rotatable bonds is 5. The first-order chi connectivity index (χ1) is 13.5. The van der Waals surface area contributed by atoms with Crippen LogP contribution in [0.5, 0.6) is 11.5 Å². The van der Waals surface area contributed by atoms with Gasteiger partial charge in [-0.05, 0) is 53.7 Å². The van der Waals surface area contributed by atoms with E-state index in [0.717, 1.165) is 40.6 Å². The smallest absolute Gasteiger partial charge is 0.163 e. The molecular formula is C20H20BrClN4O2. The molecule has 28 heavy (non-hydrogen) atoms. The van der Waals surface area contributed by atoms with Crippen molar-refractivity contribution in [3.63, 3.8) is 0 Å². The molecule has 4 rings (SSSR count). The molecule has 0 amide bonds. The minimum absolute atomic E-state index is 0.153. The molecule has 2 aromatic carbocycles. The second-order valence-electron chi connectivity index (χ2n) is 6.79. The second-order valence-corrected chi connectivity index (χ2v) is 8.05. The van der Waals surface area contributed by atoms with E-state index in [4.69, 9.17) is 21.1 Å². The van der Waals surface area contributed by atoms with Crippen molar-refractivity contribution in [3.8, 4) is 11.5 Å². The van der Waals surface area contributed by atoms with Crippen LogP contribution in [0, 0.1) is 0 Å². The van der Waals surface area contributed by atoms with Crippen molar-refractivity contribution in [2.45, 2.75) is 12.5 Å². The van der Waals surface area contributed by atoms with Crippen LogP contribution >= 0.6 is 27.5 Å². The van der Waals surface area contributed by atoms with E-state index >= 15 is 0 Å². The quantitative estimate of drug-likeness (QED) is 0.582. The van der Waals surface area contributed by atoms with E-state index in [1.54, 1.807) is 7.11 Å². The Bertz CT molecular complexity index is 1020. The predicted octanol–water partition coefficient (Wildman–Crippen LogP) is 4.88. The number of halogens is 2. The van der Waals surface area contributed by atoms with Gasteiger partial charge in [-0.2, -0.15) is 0 Å². The number of methoxy groups -OCH3 is 1. The summed E-state index contributed by atoms with van der Waals surface area (Å²) in [5.74, 6) is 2.04. The van der Waals surface area contributed by atoms with Crippen LogP contribution in [-0.4, -0.2) is 48.2 Å². The van der Waals surface area contributed by atoms with Crippen LogP contribution in [0.15, 0.2) is 41.1 Å². The Kier molecular flexibility index (Phi) is 5.57. The Hall–Kier alpha value is -2.09. The minimum atomic E-state index is 0.153. The lowest BCUT2D eigenvalue weighted by molar-refractivity contribution is 0.200. The zero-order valence-corrected chi connectivity index (χ0v) is 17.9. The number of hydrogen-bond acceptors (Lipinski definition) is 6. The number of anilines is 2. The molecule has 0 saturated carbocycles. The van der Waals surface area contributed by atoms with Gasteiger partial charge in [-0.15, -0.1) is 0 Å². The van der Waals surface area contributed by atoms with Crippen molar-refractivity contribution in [2.24, 2.45) is 0 Å². The molecule has 1 N–H and O–H groups in total. The average Bonchev–Trinajstić information content (AvgIpc) is 3.09. The number of aromatic nitrogens is 2. The van der Waals surface area contributed by atoms with Crippen LogP contribution in [0.3, 0.4) is 0 Å². The molecule has 0 aliphatic carbocycles. The van der Waals surface area contributed by atoms with Crippen LogP contribution in [-0.2, 0) is 0 Å². The van der Waals surface area contributed by atoms with E-state index in [9.17, 15) is 0 Å². The highest BCUT2D eigenvalue weighted by Gasteiger charge is 2.23. The Morgan fingerprint density at radius 1 is 1.21 bits per heavy atom. The average molecular weight is 464 g/mol. The number of nitrogens with zero attached hydrogens (tertiary/aromatic N) is 3. The summed E-state index contributed by atoms with van der Waals surface area (Å²) in [5, 5.41) is 4.77. The number of likely N-dealkylation sites (N-methyl/N-ethyl adjacent to an activating group) is 1. The summed E-state index contributed by atoms with van der Waals surface area (Å²) in [6.07, 6.45) is 2.68. The molecule has 1 fully saturated rings. The highest BCUT2D eigenvalue weighted by Crippen LogP contribution is 2.36. The number of likely N-dealkylation sites (tertiary alicyclic amines) is 1. The highest BCUT2D eigenvalue weighted by molar-refractivity contribution is 9.10. The number of benzene rings is 2. The predicted molar refractivity (Wildman–Crippen MR) is 115 cm³/mol. The lowest BCUT2D eigenvalue weighted by atomic mass is 10.2. The van der Waals surface area contributed by atoms with Crippen molar-refractivity contribution < 1.29 is 9.47 Å². The molecule has 1 atom stereocenters. The minimum Gasteiger partial charge on any atom is -0.493 e. The van der Waals surface area contributed by atoms with Gasteiger partial charge in [-0.1, -0.05) is 11.6 Å². The van der Waals surface area contributed by atoms with E-state index in [1.807, 2.05) is 30.3 Å². The van der Waals surface area contributed by atoms with Crippen LogP contribution < -0.4 is 14.8 Å². The van der Waals surface area contributed by atoms with E-state index in [1.165, 1.54) is 6.33 Å². The maximum atomic E-state index is 6.20. The van der Waals surface area contributed by atoms with Crippen LogP contribution in [0.1, 0.15) is 6.42 Å². The molecule has 1 aliphatic heterocycles. The third kappa shape index (κ3) is 4.01. The van der Waals surface area contributed by atoms with E-state index in [0.29, 0.717) is 22.3 Å². The summed E-state index contributed by atoms with van der Waals surface area (Å²) in [4.78, 5) is 11.1. The Morgan fingerprint density at radius 2 is 2.07 bits per heavy atom. The fourth-order valence-electron chi connectivity index (χ4n) is 3.30. The zero-order valence-electron chi connectivity index (χ0n) is 15.6. The van der Waals surface area contributed by atoms with Gasteiger partial charge < -0.3 is 19.7 Å². The summed E-state index contributed by atoms with van der Waals surface area (Å²) in [5.41, 5.74) is 1.62. The summed E-state index contributed by atoms with van der Waals surface area (Å²) in [6.45, 7) is 1.94. The van der Waals surface area contributed by atoms with Gasteiger partial charge in [0, 0.05) is 34.7 Å². The largest absolute Gasteiger partial charge is 0.493 e. The van der Waals surface area contributed by atoms with Gasteiger partial charge in [-0.3, -0.25) is 0 Å². The van der Waals surface area contributed by atoms with Crippen molar-refractivity contribution >= 4 is 49.9 Å². The number of ether oxygens (including phenoxy) is 2. The molecule has 0 bridgehead atoms. The van der Waals surface area contributed by atoms with Gasteiger partial charge in [0.05, 0.1) is 17.6 Å². The molecule has 1 unspecified atom stereocenters. The molecular weight excluding hydrogens is 444 g/mol. The van der Waals surface area contributed by atoms with Gasteiger partial charge in [-0.25, -0.2) is 9.97 Å². The molecule has 0 radical (unpaired) electrons. The molecule has 3 aromatic rings. The Labute approximate surface area is 177 Å². The van der Waals surface area contributed by atoms with E-state index in [2.05, 4.69) is 43.2 Å².